The van der Waals surface area contributed by atoms with Gasteiger partial charge in [-0.05, 0) is 25.0 Å². The number of anilines is 2. The van der Waals surface area contributed by atoms with Gasteiger partial charge in [0.1, 0.15) is 0 Å². The molecule has 1 fully saturated rings. The molecule has 2 N–H and O–H groups in total. The number of ether oxygens (including phenoxy) is 1. The summed E-state index contributed by atoms with van der Waals surface area (Å²) in [6.45, 7) is 3.46. The normalized spacial score (nSPS) is 16.3. The highest BCUT2D eigenvalue weighted by Crippen LogP contribution is 2.24. The first-order valence-corrected chi connectivity index (χ1v) is 6.52. The van der Waals surface area contributed by atoms with Crippen molar-refractivity contribution in [3.05, 3.63) is 24.3 Å². The van der Waals surface area contributed by atoms with Crippen LogP contribution in [-0.2, 0) is 9.53 Å². The fraction of sp³-hybridized carbons (Fsp3) is 0.500. The van der Waals surface area contributed by atoms with Gasteiger partial charge in [-0.25, -0.2) is 0 Å². The van der Waals surface area contributed by atoms with Gasteiger partial charge in [-0.3, -0.25) is 4.79 Å². The minimum Gasteiger partial charge on any atom is -0.381 e. The van der Waals surface area contributed by atoms with Gasteiger partial charge in [0.05, 0.1) is 11.4 Å². The summed E-state index contributed by atoms with van der Waals surface area (Å²) in [6, 6.07) is 8.26. The zero-order valence-corrected chi connectivity index (χ0v) is 10.7. The molecule has 1 heterocycles. The molecule has 1 aliphatic rings. The molecule has 0 spiro atoms. The number of amides is 1. The van der Waals surface area contributed by atoms with E-state index in [1.807, 2.05) is 31.2 Å². The van der Waals surface area contributed by atoms with Crippen molar-refractivity contribution in [1.82, 2.24) is 0 Å². The Morgan fingerprint density at radius 3 is 2.61 bits per heavy atom. The third-order valence-electron chi connectivity index (χ3n) is 3.10. The Bertz CT molecular complexity index is 401. The maximum Gasteiger partial charge on any atom is 0.224 e. The average molecular weight is 248 g/mol. The highest BCUT2D eigenvalue weighted by Gasteiger charge is 2.15. The van der Waals surface area contributed by atoms with Gasteiger partial charge >= 0.3 is 0 Å². The van der Waals surface area contributed by atoms with E-state index >= 15 is 0 Å². The summed E-state index contributed by atoms with van der Waals surface area (Å²) in [5.41, 5.74) is 1.85. The maximum atomic E-state index is 11.5. The number of nitrogens with one attached hydrogen (secondary N) is 2. The van der Waals surface area contributed by atoms with Crippen LogP contribution in [0, 0.1) is 0 Å². The molecule has 0 aliphatic carbocycles. The molecule has 1 saturated heterocycles. The lowest BCUT2D eigenvalue weighted by molar-refractivity contribution is -0.115. The Hall–Kier alpha value is -1.55. The molecule has 4 nitrogen and oxygen atoms in total. The van der Waals surface area contributed by atoms with E-state index in [1.54, 1.807) is 0 Å². The molecular formula is C14H20N2O2. The zero-order chi connectivity index (χ0) is 12.8. The number of para-hydroxylation sites is 2. The number of carbonyl (C=O) groups excluding carboxylic acids is 1. The summed E-state index contributed by atoms with van der Waals surface area (Å²) in [6.07, 6.45) is 2.51. The number of carbonyl (C=O) groups is 1. The second kappa shape index (κ2) is 6.40. The third-order valence-corrected chi connectivity index (χ3v) is 3.10. The Labute approximate surface area is 108 Å². The summed E-state index contributed by atoms with van der Waals surface area (Å²) in [7, 11) is 0. The van der Waals surface area contributed by atoms with Crippen LogP contribution < -0.4 is 10.6 Å². The van der Waals surface area contributed by atoms with Gasteiger partial charge in [-0.2, -0.15) is 0 Å². The van der Waals surface area contributed by atoms with E-state index < -0.39 is 0 Å². The topological polar surface area (TPSA) is 50.4 Å². The second-order valence-electron chi connectivity index (χ2n) is 4.48. The van der Waals surface area contributed by atoms with Gasteiger partial charge in [-0.15, -0.1) is 0 Å². The molecule has 0 aromatic heterocycles. The van der Waals surface area contributed by atoms with Crippen LogP contribution in [0.4, 0.5) is 11.4 Å². The lowest BCUT2D eigenvalue weighted by atomic mass is 10.1. The predicted octanol–water partition coefficient (Wildman–Crippen LogP) is 2.63. The molecule has 18 heavy (non-hydrogen) atoms. The van der Waals surface area contributed by atoms with Crippen molar-refractivity contribution >= 4 is 17.3 Å². The van der Waals surface area contributed by atoms with E-state index in [4.69, 9.17) is 4.74 Å². The molecule has 1 amide bonds. The summed E-state index contributed by atoms with van der Waals surface area (Å²) >= 11 is 0. The average Bonchev–Trinajstić information content (AvgIpc) is 2.42. The molecule has 1 aliphatic heterocycles. The molecule has 1 aromatic rings. The second-order valence-corrected chi connectivity index (χ2v) is 4.48. The van der Waals surface area contributed by atoms with Crippen molar-refractivity contribution in [2.45, 2.75) is 32.2 Å². The van der Waals surface area contributed by atoms with Crippen molar-refractivity contribution in [3.8, 4) is 0 Å². The first-order valence-electron chi connectivity index (χ1n) is 6.52. The number of benzene rings is 1. The van der Waals surface area contributed by atoms with Crippen molar-refractivity contribution in [3.63, 3.8) is 0 Å². The van der Waals surface area contributed by atoms with E-state index in [1.165, 1.54) is 0 Å². The van der Waals surface area contributed by atoms with Crippen LogP contribution in [0.1, 0.15) is 26.2 Å². The summed E-state index contributed by atoms with van der Waals surface area (Å²) in [5.74, 6) is 0.0382. The molecule has 98 valence electrons. The van der Waals surface area contributed by atoms with Gasteiger partial charge in [0.2, 0.25) is 5.91 Å². The van der Waals surface area contributed by atoms with Gasteiger partial charge < -0.3 is 15.4 Å². The Kier molecular flexibility index (Phi) is 4.59. The quantitative estimate of drug-likeness (QED) is 0.861. The van der Waals surface area contributed by atoms with E-state index in [9.17, 15) is 4.79 Å². The van der Waals surface area contributed by atoms with Crippen LogP contribution in [0.5, 0.6) is 0 Å². The molecule has 0 radical (unpaired) electrons. The summed E-state index contributed by atoms with van der Waals surface area (Å²) in [5, 5.41) is 6.40. The fourth-order valence-electron chi connectivity index (χ4n) is 2.02. The molecular weight excluding hydrogens is 228 g/mol. The van der Waals surface area contributed by atoms with E-state index in [-0.39, 0.29) is 5.91 Å². The number of hydrogen-bond acceptors (Lipinski definition) is 3. The largest absolute Gasteiger partial charge is 0.381 e. The lowest BCUT2D eigenvalue weighted by Crippen LogP contribution is -2.28. The molecule has 4 heteroatoms. The Morgan fingerprint density at radius 1 is 1.28 bits per heavy atom. The van der Waals surface area contributed by atoms with E-state index in [2.05, 4.69) is 10.6 Å². The minimum absolute atomic E-state index is 0.0382. The smallest absolute Gasteiger partial charge is 0.224 e. The van der Waals surface area contributed by atoms with Crippen LogP contribution in [0.25, 0.3) is 0 Å². The third kappa shape index (κ3) is 3.47. The molecule has 0 atom stereocenters. The molecule has 0 unspecified atom stereocenters. The number of rotatable bonds is 4. The molecule has 0 bridgehead atoms. The van der Waals surface area contributed by atoms with Crippen LogP contribution in [0.3, 0.4) is 0 Å². The SMILES string of the molecule is CCC(=O)Nc1ccccc1NC1CCOCC1. The monoisotopic (exact) mass is 248 g/mol. The predicted molar refractivity (Wildman–Crippen MR) is 72.8 cm³/mol. The highest BCUT2D eigenvalue weighted by atomic mass is 16.5. The van der Waals surface area contributed by atoms with Gasteiger partial charge in [-0.1, -0.05) is 19.1 Å². The number of hydrogen-bond donors (Lipinski definition) is 2. The fourth-order valence-corrected chi connectivity index (χ4v) is 2.02. The first-order chi connectivity index (χ1) is 8.79. The maximum absolute atomic E-state index is 11.5. The Morgan fingerprint density at radius 2 is 1.94 bits per heavy atom. The van der Waals surface area contributed by atoms with Crippen LogP contribution in [0.15, 0.2) is 24.3 Å². The van der Waals surface area contributed by atoms with Crippen LogP contribution in [-0.4, -0.2) is 25.2 Å². The first kappa shape index (κ1) is 12.9. The van der Waals surface area contributed by atoms with Crippen molar-refractivity contribution in [1.29, 1.82) is 0 Å². The lowest BCUT2D eigenvalue weighted by Gasteiger charge is -2.25. The van der Waals surface area contributed by atoms with Gasteiger partial charge in [0, 0.05) is 25.7 Å². The summed E-state index contributed by atoms with van der Waals surface area (Å²) in [4.78, 5) is 11.5. The Balaban J connectivity index is 2.04. The standard InChI is InChI=1S/C14H20N2O2/c1-2-14(17)16-13-6-4-3-5-12(13)15-11-7-9-18-10-8-11/h3-6,11,15H,2,7-10H2,1H3,(H,16,17). The van der Waals surface area contributed by atoms with E-state index in [0.29, 0.717) is 12.5 Å². The van der Waals surface area contributed by atoms with Gasteiger partial charge in [0.15, 0.2) is 0 Å². The molecule has 1 aromatic carbocycles. The minimum atomic E-state index is 0.0382. The van der Waals surface area contributed by atoms with E-state index in [0.717, 1.165) is 37.4 Å². The van der Waals surface area contributed by atoms with Crippen molar-refractivity contribution in [2.24, 2.45) is 0 Å². The van der Waals surface area contributed by atoms with Crippen LogP contribution in [0.2, 0.25) is 0 Å². The zero-order valence-electron chi connectivity index (χ0n) is 10.7. The summed E-state index contributed by atoms with van der Waals surface area (Å²) < 4.78 is 5.34. The molecule has 0 saturated carbocycles. The van der Waals surface area contributed by atoms with Crippen molar-refractivity contribution in [2.75, 3.05) is 23.8 Å². The van der Waals surface area contributed by atoms with Crippen molar-refractivity contribution < 1.29 is 9.53 Å². The molecule has 2 rings (SSSR count). The highest BCUT2D eigenvalue weighted by molar-refractivity contribution is 5.94. The van der Waals surface area contributed by atoms with Gasteiger partial charge in [0.25, 0.3) is 0 Å². The van der Waals surface area contributed by atoms with Crippen LogP contribution >= 0.6 is 0 Å².